The second-order valence-electron chi connectivity index (χ2n) is 4.02. The molecular weight excluding hydrogens is 335 g/mol. The molecule has 1 aromatic heterocycles. The van der Waals surface area contributed by atoms with E-state index in [9.17, 15) is 4.79 Å². The van der Waals surface area contributed by atoms with Gasteiger partial charge in [0.25, 0.3) is 5.91 Å². The third-order valence-corrected chi connectivity index (χ3v) is 4.72. The molecule has 0 aliphatic carbocycles. The minimum absolute atomic E-state index is 0.180. The minimum atomic E-state index is 0.180. The number of thiophene rings is 1. The maximum Gasteiger partial charge on any atom is 0.254 e. The molecule has 1 unspecified atom stereocenters. The van der Waals surface area contributed by atoms with Crippen molar-refractivity contribution in [1.29, 1.82) is 0 Å². The van der Waals surface area contributed by atoms with Crippen LogP contribution in [0.4, 0.5) is 0 Å². The SMILES string of the molecule is CNC1CCCN(C(=O)c2csc(I)c2)C1. The second kappa shape index (κ2) is 5.46. The summed E-state index contributed by atoms with van der Waals surface area (Å²) in [6.07, 6.45) is 2.26. The number of likely N-dealkylation sites (tertiary alicyclic amines) is 1. The smallest absolute Gasteiger partial charge is 0.254 e. The molecule has 1 aromatic rings. The number of nitrogens with zero attached hydrogens (tertiary/aromatic N) is 1. The molecule has 0 spiro atoms. The molecule has 2 rings (SSSR count). The molecule has 1 N–H and O–H groups in total. The predicted octanol–water partition coefficient (Wildman–Crippen LogP) is 2.18. The molecule has 88 valence electrons. The highest BCUT2D eigenvalue weighted by atomic mass is 127. The molecule has 0 aromatic carbocycles. The van der Waals surface area contributed by atoms with Crippen molar-refractivity contribution in [1.82, 2.24) is 10.2 Å². The Kier molecular flexibility index (Phi) is 4.21. The van der Waals surface area contributed by atoms with Crippen LogP contribution in [-0.2, 0) is 0 Å². The van der Waals surface area contributed by atoms with E-state index >= 15 is 0 Å². The standard InChI is InChI=1S/C11H15IN2OS/c1-13-9-3-2-4-14(6-9)11(15)8-5-10(12)16-7-8/h5,7,9,13H,2-4,6H2,1H3. The normalized spacial score (nSPS) is 21.1. The average molecular weight is 350 g/mol. The van der Waals surface area contributed by atoms with Crippen molar-refractivity contribution in [2.45, 2.75) is 18.9 Å². The van der Waals surface area contributed by atoms with E-state index in [0.29, 0.717) is 6.04 Å². The minimum Gasteiger partial charge on any atom is -0.337 e. The molecule has 0 saturated carbocycles. The average Bonchev–Trinajstić information content (AvgIpc) is 2.75. The topological polar surface area (TPSA) is 32.3 Å². The van der Waals surface area contributed by atoms with Crippen LogP contribution in [0, 0.1) is 2.88 Å². The lowest BCUT2D eigenvalue weighted by Gasteiger charge is -2.32. The highest BCUT2D eigenvalue weighted by molar-refractivity contribution is 14.1. The van der Waals surface area contributed by atoms with Crippen molar-refractivity contribution in [3.63, 3.8) is 0 Å². The third kappa shape index (κ3) is 2.75. The van der Waals surface area contributed by atoms with Crippen molar-refractivity contribution in [2.75, 3.05) is 20.1 Å². The Hall–Kier alpha value is -0.140. The zero-order valence-corrected chi connectivity index (χ0v) is 12.2. The van der Waals surface area contributed by atoms with Crippen molar-refractivity contribution >= 4 is 39.8 Å². The third-order valence-electron chi connectivity index (χ3n) is 2.93. The van der Waals surface area contributed by atoms with E-state index in [-0.39, 0.29) is 5.91 Å². The van der Waals surface area contributed by atoms with Crippen LogP contribution in [-0.4, -0.2) is 37.0 Å². The van der Waals surface area contributed by atoms with Gasteiger partial charge < -0.3 is 10.2 Å². The van der Waals surface area contributed by atoms with Gasteiger partial charge in [-0.25, -0.2) is 0 Å². The van der Waals surface area contributed by atoms with Crippen LogP contribution in [0.25, 0.3) is 0 Å². The summed E-state index contributed by atoms with van der Waals surface area (Å²) in [5.74, 6) is 0.180. The monoisotopic (exact) mass is 350 g/mol. The van der Waals surface area contributed by atoms with Crippen LogP contribution in [0.1, 0.15) is 23.2 Å². The van der Waals surface area contributed by atoms with E-state index in [1.54, 1.807) is 11.3 Å². The highest BCUT2D eigenvalue weighted by Gasteiger charge is 2.23. The van der Waals surface area contributed by atoms with E-state index in [1.807, 2.05) is 23.4 Å². The number of carbonyl (C=O) groups excluding carboxylic acids is 1. The summed E-state index contributed by atoms with van der Waals surface area (Å²) in [4.78, 5) is 14.1. The fraction of sp³-hybridized carbons (Fsp3) is 0.545. The number of amides is 1. The summed E-state index contributed by atoms with van der Waals surface area (Å²) in [5, 5.41) is 5.20. The molecule has 0 bridgehead atoms. The first-order chi connectivity index (χ1) is 7.70. The van der Waals surface area contributed by atoms with Gasteiger partial charge in [-0.1, -0.05) is 0 Å². The number of halogens is 1. The van der Waals surface area contributed by atoms with Gasteiger partial charge in [-0.2, -0.15) is 0 Å². The van der Waals surface area contributed by atoms with Gasteiger partial charge >= 0.3 is 0 Å². The van der Waals surface area contributed by atoms with Gasteiger partial charge in [0.2, 0.25) is 0 Å². The first-order valence-electron chi connectivity index (χ1n) is 5.41. The first-order valence-corrected chi connectivity index (χ1v) is 7.37. The molecule has 3 nitrogen and oxygen atoms in total. The first kappa shape index (κ1) is 12.3. The Balaban J connectivity index is 2.04. The van der Waals surface area contributed by atoms with Gasteiger partial charge in [0.1, 0.15) is 0 Å². The van der Waals surface area contributed by atoms with Crippen molar-refractivity contribution in [3.8, 4) is 0 Å². The van der Waals surface area contributed by atoms with Crippen molar-refractivity contribution in [3.05, 3.63) is 19.9 Å². The van der Waals surface area contributed by atoms with Gasteiger partial charge in [-0.05, 0) is 48.5 Å². The van der Waals surface area contributed by atoms with Gasteiger partial charge in [-0.15, -0.1) is 11.3 Å². The van der Waals surface area contributed by atoms with Crippen molar-refractivity contribution in [2.24, 2.45) is 0 Å². The summed E-state index contributed by atoms with van der Waals surface area (Å²) < 4.78 is 1.17. The molecule has 0 radical (unpaired) electrons. The summed E-state index contributed by atoms with van der Waals surface area (Å²) in [6.45, 7) is 1.73. The van der Waals surface area contributed by atoms with Gasteiger partial charge in [0, 0.05) is 24.5 Å². The van der Waals surface area contributed by atoms with Crippen LogP contribution < -0.4 is 5.32 Å². The van der Waals surface area contributed by atoms with Crippen LogP contribution in [0.2, 0.25) is 0 Å². The molecule has 1 aliphatic heterocycles. The fourth-order valence-electron chi connectivity index (χ4n) is 2.00. The number of nitrogens with one attached hydrogen (secondary N) is 1. The Morgan fingerprint density at radius 2 is 2.50 bits per heavy atom. The summed E-state index contributed by atoms with van der Waals surface area (Å²) >= 11 is 3.88. The molecule has 16 heavy (non-hydrogen) atoms. The predicted molar refractivity (Wildman–Crippen MR) is 75.0 cm³/mol. The van der Waals surface area contributed by atoms with E-state index in [4.69, 9.17) is 0 Å². The number of rotatable bonds is 2. The maximum absolute atomic E-state index is 12.2. The molecule has 1 fully saturated rings. The molecule has 2 heterocycles. The van der Waals surface area contributed by atoms with Crippen LogP contribution in [0.5, 0.6) is 0 Å². The summed E-state index contributed by atoms with van der Waals surface area (Å²) in [6, 6.07) is 2.42. The van der Waals surface area contributed by atoms with Crippen LogP contribution in [0.3, 0.4) is 0 Å². The molecule has 1 atom stereocenters. The van der Waals surface area contributed by atoms with E-state index < -0.39 is 0 Å². The second-order valence-corrected chi connectivity index (χ2v) is 6.82. The van der Waals surface area contributed by atoms with E-state index in [2.05, 4.69) is 27.9 Å². The quantitative estimate of drug-likeness (QED) is 0.830. The number of piperidine rings is 1. The lowest BCUT2D eigenvalue weighted by atomic mass is 10.1. The molecule has 5 heteroatoms. The Bertz CT molecular complexity index is 380. The Labute approximate surface area is 113 Å². The number of hydrogen-bond acceptors (Lipinski definition) is 3. The highest BCUT2D eigenvalue weighted by Crippen LogP contribution is 2.20. The Morgan fingerprint density at radius 1 is 1.69 bits per heavy atom. The van der Waals surface area contributed by atoms with E-state index in [0.717, 1.165) is 25.1 Å². The fourth-order valence-corrected chi connectivity index (χ4v) is 3.32. The van der Waals surface area contributed by atoms with Crippen LogP contribution >= 0.6 is 33.9 Å². The summed E-state index contributed by atoms with van der Waals surface area (Å²) in [7, 11) is 1.96. The Morgan fingerprint density at radius 3 is 3.12 bits per heavy atom. The number of hydrogen-bond donors (Lipinski definition) is 1. The largest absolute Gasteiger partial charge is 0.337 e. The molecular formula is C11H15IN2OS. The molecule has 1 aliphatic rings. The number of likely N-dealkylation sites (N-methyl/N-ethyl adjacent to an activating group) is 1. The maximum atomic E-state index is 12.2. The van der Waals surface area contributed by atoms with Gasteiger partial charge in [0.05, 0.1) is 8.45 Å². The number of carbonyl (C=O) groups is 1. The van der Waals surface area contributed by atoms with Gasteiger partial charge in [0.15, 0.2) is 0 Å². The molecule has 1 amide bonds. The molecule has 1 saturated heterocycles. The van der Waals surface area contributed by atoms with Crippen LogP contribution in [0.15, 0.2) is 11.4 Å². The summed E-state index contributed by atoms with van der Waals surface area (Å²) in [5.41, 5.74) is 0.839. The zero-order chi connectivity index (χ0) is 11.5. The lowest BCUT2D eigenvalue weighted by Crippen LogP contribution is -2.46. The zero-order valence-electron chi connectivity index (χ0n) is 9.20. The van der Waals surface area contributed by atoms with Gasteiger partial charge in [-0.3, -0.25) is 4.79 Å². The van der Waals surface area contributed by atoms with E-state index in [1.165, 1.54) is 9.30 Å². The van der Waals surface area contributed by atoms with Crippen molar-refractivity contribution < 1.29 is 4.79 Å². The lowest BCUT2D eigenvalue weighted by molar-refractivity contribution is 0.0698.